The molecule has 94 valence electrons. The lowest BCUT2D eigenvalue weighted by Gasteiger charge is -2.14. The third kappa shape index (κ3) is 2.74. The Bertz CT molecular complexity index is 504. The van der Waals surface area contributed by atoms with Gasteiger partial charge in [0, 0.05) is 17.8 Å². The van der Waals surface area contributed by atoms with E-state index in [-0.39, 0.29) is 5.82 Å². The summed E-state index contributed by atoms with van der Waals surface area (Å²) < 4.78 is 13.1. The lowest BCUT2D eigenvalue weighted by Crippen LogP contribution is -2.14. The van der Waals surface area contributed by atoms with E-state index in [9.17, 15) is 4.39 Å². The standard InChI is InChI=1S/C15H17FN2/c1-3-15(17-2)12-6-4-11(5-7-12)13-8-14(16)10-18-9-13/h4-10,15,17H,3H2,1-2H3. The first-order chi connectivity index (χ1) is 8.74. The van der Waals surface area contributed by atoms with Crippen molar-refractivity contribution in [3.63, 3.8) is 0 Å². The molecule has 0 radical (unpaired) electrons. The molecule has 0 aliphatic rings. The Hall–Kier alpha value is -1.74. The molecule has 2 aromatic rings. The Morgan fingerprint density at radius 3 is 2.44 bits per heavy atom. The van der Waals surface area contributed by atoms with Gasteiger partial charge in [-0.25, -0.2) is 4.39 Å². The average molecular weight is 244 g/mol. The maximum Gasteiger partial charge on any atom is 0.142 e. The molecule has 0 aliphatic carbocycles. The fraction of sp³-hybridized carbons (Fsp3) is 0.267. The van der Waals surface area contributed by atoms with Crippen LogP contribution >= 0.6 is 0 Å². The number of hydrogen-bond donors (Lipinski definition) is 1. The van der Waals surface area contributed by atoms with Gasteiger partial charge in [-0.2, -0.15) is 0 Å². The number of aromatic nitrogens is 1. The van der Waals surface area contributed by atoms with E-state index in [1.54, 1.807) is 6.20 Å². The van der Waals surface area contributed by atoms with Crippen LogP contribution in [0.5, 0.6) is 0 Å². The molecule has 0 bridgehead atoms. The molecule has 0 fully saturated rings. The molecule has 18 heavy (non-hydrogen) atoms. The average Bonchev–Trinajstić information content (AvgIpc) is 2.41. The van der Waals surface area contributed by atoms with E-state index < -0.39 is 0 Å². The fourth-order valence-corrected chi connectivity index (χ4v) is 2.08. The van der Waals surface area contributed by atoms with Gasteiger partial charge in [0.25, 0.3) is 0 Å². The fourth-order valence-electron chi connectivity index (χ4n) is 2.08. The maximum absolute atomic E-state index is 13.1. The Morgan fingerprint density at radius 1 is 1.17 bits per heavy atom. The second kappa shape index (κ2) is 5.74. The SMILES string of the molecule is CCC(NC)c1ccc(-c2cncc(F)c2)cc1. The normalized spacial score (nSPS) is 12.4. The van der Waals surface area contributed by atoms with Crippen molar-refractivity contribution in [2.45, 2.75) is 19.4 Å². The van der Waals surface area contributed by atoms with Crippen LogP contribution in [0.1, 0.15) is 24.9 Å². The predicted molar refractivity (Wildman–Crippen MR) is 71.7 cm³/mol. The van der Waals surface area contributed by atoms with Gasteiger partial charge in [-0.15, -0.1) is 0 Å². The third-order valence-electron chi connectivity index (χ3n) is 3.11. The van der Waals surface area contributed by atoms with Crippen molar-refractivity contribution >= 4 is 0 Å². The Labute approximate surface area is 107 Å². The monoisotopic (exact) mass is 244 g/mol. The molecule has 1 unspecified atom stereocenters. The van der Waals surface area contributed by atoms with Gasteiger partial charge in [-0.1, -0.05) is 31.2 Å². The number of nitrogens with one attached hydrogen (secondary N) is 1. The second-order valence-corrected chi connectivity index (χ2v) is 4.26. The summed E-state index contributed by atoms with van der Waals surface area (Å²) in [5.41, 5.74) is 3.03. The van der Waals surface area contributed by atoms with Crippen molar-refractivity contribution in [3.8, 4) is 11.1 Å². The van der Waals surface area contributed by atoms with E-state index in [2.05, 4.69) is 29.4 Å². The molecular formula is C15H17FN2. The summed E-state index contributed by atoms with van der Waals surface area (Å²) in [6, 6.07) is 10.0. The smallest absolute Gasteiger partial charge is 0.142 e. The topological polar surface area (TPSA) is 24.9 Å². The lowest BCUT2D eigenvalue weighted by molar-refractivity contribution is 0.577. The van der Waals surface area contributed by atoms with Crippen LogP contribution in [0, 0.1) is 5.82 Å². The largest absolute Gasteiger partial charge is 0.313 e. The van der Waals surface area contributed by atoms with Crippen LogP contribution in [0.2, 0.25) is 0 Å². The van der Waals surface area contributed by atoms with Crippen LogP contribution in [-0.4, -0.2) is 12.0 Å². The van der Waals surface area contributed by atoms with Crippen LogP contribution in [0.15, 0.2) is 42.7 Å². The molecule has 0 saturated heterocycles. The first-order valence-corrected chi connectivity index (χ1v) is 6.12. The van der Waals surface area contributed by atoms with E-state index in [0.717, 1.165) is 17.5 Å². The molecule has 1 N–H and O–H groups in total. The summed E-state index contributed by atoms with van der Waals surface area (Å²) in [6.45, 7) is 2.14. The van der Waals surface area contributed by atoms with Crippen molar-refractivity contribution in [2.75, 3.05) is 7.05 Å². The molecule has 2 nitrogen and oxygen atoms in total. The van der Waals surface area contributed by atoms with Crippen LogP contribution in [0.25, 0.3) is 11.1 Å². The van der Waals surface area contributed by atoms with Crippen molar-refractivity contribution in [2.24, 2.45) is 0 Å². The van der Waals surface area contributed by atoms with Gasteiger partial charge in [0.15, 0.2) is 0 Å². The molecule has 1 aromatic heterocycles. The van der Waals surface area contributed by atoms with Gasteiger partial charge in [0.2, 0.25) is 0 Å². The molecule has 2 rings (SSSR count). The zero-order valence-electron chi connectivity index (χ0n) is 10.7. The zero-order chi connectivity index (χ0) is 13.0. The van der Waals surface area contributed by atoms with Crippen LogP contribution in [0.3, 0.4) is 0 Å². The minimum absolute atomic E-state index is 0.307. The van der Waals surface area contributed by atoms with Crippen LogP contribution in [-0.2, 0) is 0 Å². The molecule has 0 spiro atoms. The van der Waals surface area contributed by atoms with E-state index in [4.69, 9.17) is 0 Å². The molecule has 0 saturated carbocycles. The second-order valence-electron chi connectivity index (χ2n) is 4.26. The maximum atomic E-state index is 13.1. The van der Waals surface area contributed by atoms with Gasteiger partial charge < -0.3 is 5.32 Å². The summed E-state index contributed by atoms with van der Waals surface area (Å²) >= 11 is 0. The summed E-state index contributed by atoms with van der Waals surface area (Å²) in [5.74, 6) is -0.307. The molecule has 1 atom stereocenters. The Balaban J connectivity index is 2.27. The highest BCUT2D eigenvalue weighted by Crippen LogP contribution is 2.23. The van der Waals surface area contributed by atoms with Gasteiger partial charge in [-0.3, -0.25) is 4.98 Å². The highest BCUT2D eigenvalue weighted by Gasteiger charge is 2.06. The third-order valence-corrected chi connectivity index (χ3v) is 3.11. The first kappa shape index (κ1) is 12.7. The molecule has 0 amide bonds. The van der Waals surface area contributed by atoms with Crippen molar-refractivity contribution < 1.29 is 4.39 Å². The van der Waals surface area contributed by atoms with Crippen LogP contribution < -0.4 is 5.32 Å². The Kier molecular flexibility index (Phi) is 4.05. The number of halogens is 1. The van der Waals surface area contributed by atoms with Crippen molar-refractivity contribution in [1.82, 2.24) is 10.3 Å². The van der Waals surface area contributed by atoms with Crippen LogP contribution in [0.4, 0.5) is 4.39 Å². The number of hydrogen-bond acceptors (Lipinski definition) is 2. The summed E-state index contributed by atoms with van der Waals surface area (Å²) in [7, 11) is 1.96. The van der Waals surface area contributed by atoms with Crippen molar-refractivity contribution in [3.05, 3.63) is 54.1 Å². The molecule has 1 heterocycles. The summed E-state index contributed by atoms with van der Waals surface area (Å²) in [5, 5.41) is 3.26. The lowest BCUT2D eigenvalue weighted by atomic mass is 10.0. The summed E-state index contributed by atoms with van der Waals surface area (Å²) in [6.07, 6.45) is 3.93. The molecular weight excluding hydrogens is 227 g/mol. The zero-order valence-corrected chi connectivity index (χ0v) is 10.7. The minimum Gasteiger partial charge on any atom is -0.313 e. The van der Waals surface area contributed by atoms with E-state index in [1.165, 1.54) is 17.8 Å². The summed E-state index contributed by atoms with van der Waals surface area (Å²) in [4.78, 5) is 3.86. The van der Waals surface area contributed by atoms with Gasteiger partial charge >= 0.3 is 0 Å². The van der Waals surface area contributed by atoms with Gasteiger partial charge in [0.1, 0.15) is 5.82 Å². The molecule has 1 aromatic carbocycles. The first-order valence-electron chi connectivity index (χ1n) is 6.12. The van der Waals surface area contributed by atoms with E-state index in [0.29, 0.717) is 6.04 Å². The quantitative estimate of drug-likeness (QED) is 0.889. The van der Waals surface area contributed by atoms with E-state index in [1.807, 2.05) is 19.2 Å². The molecule has 3 heteroatoms. The van der Waals surface area contributed by atoms with Crippen molar-refractivity contribution in [1.29, 1.82) is 0 Å². The minimum atomic E-state index is -0.307. The predicted octanol–water partition coefficient (Wildman–Crippen LogP) is 3.56. The van der Waals surface area contributed by atoms with E-state index >= 15 is 0 Å². The highest BCUT2D eigenvalue weighted by atomic mass is 19.1. The number of benzene rings is 1. The Morgan fingerprint density at radius 2 is 1.89 bits per heavy atom. The van der Waals surface area contributed by atoms with Gasteiger partial charge in [-0.05, 0) is 30.7 Å². The highest BCUT2D eigenvalue weighted by molar-refractivity contribution is 5.62. The number of rotatable bonds is 4. The molecule has 0 aliphatic heterocycles. The number of pyridine rings is 1. The number of nitrogens with zero attached hydrogens (tertiary/aromatic N) is 1. The van der Waals surface area contributed by atoms with Gasteiger partial charge in [0.05, 0.1) is 6.20 Å².